The minimum Gasteiger partial charge on any atom is -0.493 e. The molecule has 4 nitrogen and oxygen atoms in total. The summed E-state index contributed by atoms with van der Waals surface area (Å²) in [4.78, 5) is 12.0. The van der Waals surface area contributed by atoms with Gasteiger partial charge in [-0.1, -0.05) is 29.8 Å². The Morgan fingerprint density at radius 2 is 2.17 bits per heavy atom. The third kappa shape index (κ3) is 4.42. The molecule has 2 aromatic carbocycles. The lowest BCUT2D eigenvalue weighted by molar-refractivity contribution is -0.123. The van der Waals surface area contributed by atoms with Gasteiger partial charge in [0.25, 0.3) is 5.91 Å². The summed E-state index contributed by atoms with van der Waals surface area (Å²) in [7, 11) is 0. The topological polar surface area (TPSA) is 47.6 Å². The van der Waals surface area contributed by atoms with Gasteiger partial charge >= 0.3 is 0 Å². The molecule has 0 aromatic heterocycles. The molecule has 0 unspecified atom stereocenters. The van der Waals surface area contributed by atoms with Crippen molar-refractivity contribution in [2.24, 2.45) is 5.92 Å². The Bertz CT molecular complexity index is 738. The van der Waals surface area contributed by atoms with Gasteiger partial charge in [-0.2, -0.15) is 0 Å². The van der Waals surface area contributed by atoms with E-state index < -0.39 is 0 Å². The van der Waals surface area contributed by atoms with E-state index in [0.29, 0.717) is 23.9 Å². The van der Waals surface area contributed by atoms with Gasteiger partial charge in [0.15, 0.2) is 6.61 Å². The zero-order valence-corrected chi connectivity index (χ0v) is 15.3. The van der Waals surface area contributed by atoms with E-state index in [1.165, 1.54) is 5.56 Å². The van der Waals surface area contributed by atoms with Crippen molar-refractivity contribution >= 4 is 33.4 Å². The van der Waals surface area contributed by atoms with Crippen molar-refractivity contribution in [1.82, 2.24) is 5.32 Å². The zero-order chi connectivity index (χ0) is 16.9. The molecule has 1 aliphatic heterocycles. The van der Waals surface area contributed by atoms with Crippen LogP contribution >= 0.6 is 27.5 Å². The van der Waals surface area contributed by atoms with Crippen LogP contribution in [-0.4, -0.2) is 25.7 Å². The Morgan fingerprint density at radius 3 is 3.00 bits per heavy atom. The van der Waals surface area contributed by atoms with Crippen molar-refractivity contribution in [2.75, 3.05) is 19.8 Å². The van der Waals surface area contributed by atoms with Crippen LogP contribution in [0, 0.1) is 5.92 Å². The summed E-state index contributed by atoms with van der Waals surface area (Å²) in [6.07, 6.45) is 0.903. The summed E-state index contributed by atoms with van der Waals surface area (Å²) < 4.78 is 11.9. The van der Waals surface area contributed by atoms with Gasteiger partial charge in [0, 0.05) is 17.5 Å². The molecular formula is C18H17BrClNO3. The SMILES string of the molecule is O=C(COc1ccc(Cl)cc1Br)NC[C@@H]1COc2ccccc2C1. The van der Waals surface area contributed by atoms with Crippen LogP contribution in [0.25, 0.3) is 0 Å². The molecule has 2 aromatic rings. The molecule has 0 saturated carbocycles. The van der Waals surface area contributed by atoms with Crippen LogP contribution in [0.4, 0.5) is 0 Å². The van der Waals surface area contributed by atoms with Crippen molar-refractivity contribution in [3.8, 4) is 11.5 Å². The molecule has 1 atom stereocenters. The van der Waals surface area contributed by atoms with Gasteiger partial charge in [-0.25, -0.2) is 0 Å². The number of halogens is 2. The van der Waals surface area contributed by atoms with Gasteiger partial charge in [-0.3, -0.25) is 4.79 Å². The highest BCUT2D eigenvalue weighted by Crippen LogP contribution is 2.28. The summed E-state index contributed by atoms with van der Waals surface area (Å²) in [5.74, 6) is 1.64. The largest absolute Gasteiger partial charge is 0.493 e. The minimum atomic E-state index is -0.157. The predicted octanol–water partition coefficient (Wildman–Crippen LogP) is 3.85. The van der Waals surface area contributed by atoms with Crippen molar-refractivity contribution in [2.45, 2.75) is 6.42 Å². The van der Waals surface area contributed by atoms with Gasteiger partial charge < -0.3 is 14.8 Å². The minimum absolute atomic E-state index is 0.0373. The maximum absolute atomic E-state index is 12.0. The van der Waals surface area contributed by atoms with Crippen molar-refractivity contribution in [3.05, 3.63) is 57.5 Å². The van der Waals surface area contributed by atoms with Crippen LogP contribution in [0.2, 0.25) is 5.02 Å². The lowest BCUT2D eigenvalue weighted by Gasteiger charge is -2.25. The number of rotatable bonds is 5. The molecule has 6 heteroatoms. The fraction of sp³-hybridized carbons (Fsp3) is 0.278. The molecule has 3 rings (SSSR count). The molecule has 1 N–H and O–H groups in total. The Hall–Kier alpha value is -1.72. The lowest BCUT2D eigenvalue weighted by Crippen LogP contribution is -2.37. The second-order valence-electron chi connectivity index (χ2n) is 5.66. The Labute approximate surface area is 154 Å². The number of hydrogen-bond donors (Lipinski definition) is 1. The number of carbonyl (C=O) groups is 1. The first-order valence-corrected chi connectivity index (χ1v) is 8.84. The zero-order valence-electron chi connectivity index (χ0n) is 12.9. The molecule has 1 amide bonds. The van der Waals surface area contributed by atoms with Gasteiger partial charge in [-0.05, 0) is 52.2 Å². The van der Waals surface area contributed by atoms with E-state index in [4.69, 9.17) is 21.1 Å². The molecule has 1 heterocycles. The van der Waals surface area contributed by atoms with E-state index in [2.05, 4.69) is 27.3 Å². The van der Waals surface area contributed by atoms with E-state index in [9.17, 15) is 4.79 Å². The summed E-state index contributed by atoms with van der Waals surface area (Å²) in [5, 5.41) is 3.51. The summed E-state index contributed by atoms with van der Waals surface area (Å²) in [5.41, 5.74) is 1.18. The van der Waals surface area contributed by atoms with Crippen LogP contribution in [0.5, 0.6) is 11.5 Å². The second-order valence-corrected chi connectivity index (χ2v) is 6.95. The number of benzene rings is 2. The van der Waals surface area contributed by atoms with Crippen LogP contribution < -0.4 is 14.8 Å². The van der Waals surface area contributed by atoms with Gasteiger partial charge in [0.05, 0.1) is 11.1 Å². The van der Waals surface area contributed by atoms with Gasteiger partial charge in [0.2, 0.25) is 0 Å². The van der Waals surface area contributed by atoms with Crippen molar-refractivity contribution < 1.29 is 14.3 Å². The van der Waals surface area contributed by atoms with Crippen LogP contribution in [-0.2, 0) is 11.2 Å². The molecule has 24 heavy (non-hydrogen) atoms. The Morgan fingerprint density at radius 1 is 1.33 bits per heavy atom. The standard InChI is InChI=1S/C18H17BrClNO3/c19-15-8-14(20)5-6-17(15)24-11-18(22)21-9-12-7-13-3-1-2-4-16(13)23-10-12/h1-6,8,12H,7,9-11H2,(H,21,22)/t12-/m1/s1. The predicted molar refractivity (Wildman–Crippen MR) is 96.8 cm³/mol. The van der Waals surface area contributed by atoms with E-state index in [0.717, 1.165) is 16.6 Å². The quantitative estimate of drug-likeness (QED) is 0.814. The fourth-order valence-electron chi connectivity index (χ4n) is 2.57. The summed E-state index contributed by atoms with van der Waals surface area (Å²) >= 11 is 9.23. The molecule has 0 spiro atoms. The van der Waals surface area contributed by atoms with Gasteiger partial charge in [-0.15, -0.1) is 0 Å². The number of amides is 1. The van der Waals surface area contributed by atoms with Crippen LogP contribution in [0.3, 0.4) is 0 Å². The molecule has 0 fully saturated rings. The first-order chi connectivity index (χ1) is 11.6. The number of hydrogen-bond acceptors (Lipinski definition) is 3. The highest BCUT2D eigenvalue weighted by atomic mass is 79.9. The molecule has 0 bridgehead atoms. The van der Waals surface area contributed by atoms with E-state index in [1.807, 2.05) is 18.2 Å². The van der Waals surface area contributed by atoms with Crippen molar-refractivity contribution in [3.63, 3.8) is 0 Å². The normalized spacial score (nSPS) is 16.0. The maximum atomic E-state index is 12.0. The van der Waals surface area contributed by atoms with Crippen LogP contribution in [0.1, 0.15) is 5.56 Å². The maximum Gasteiger partial charge on any atom is 0.257 e. The monoisotopic (exact) mass is 409 g/mol. The average Bonchev–Trinajstić information content (AvgIpc) is 2.59. The molecule has 0 aliphatic carbocycles. The average molecular weight is 411 g/mol. The lowest BCUT2D eigenvalue weighted by atomic mass is 9.97. The number of ether oxygens (including phenoxy) is 2. The molecule has 1 aliphatic rings. The fourth-order valence-corrected chi connectivity index (χ4v) is 3.36. The molecular weight excluding hydrogens is 394 g/mol. The van der Waals surface area contributed by atoms with Crippen LogP contribution in [0.15, 0.2) is 46.9 Å². The summed E-state index contributed by atoms with van der Waals surface area (Å²) in [6.45, 7) is 1.14. The summed E-state index contributed by atoms with van der Waals surface area (Å²) in [6, 6.07) is 13.2. The number of para-hydroxylation sites is 1. The van der Waals surface area contributed by atoms with Crippen molar-refractivity contribution in [1.29, 1.82) is 0 Å². The second kappa shape index (κ2) is 7.90. The Kier molecular flexibility index (Phi) is 5.63. The molecule has 0 saturated heterocycles. The molecule has 126 valence electrons. The van der Waals surface area contributed by atoms with E-state index in [1.54, 1.807) is 18.2 Å². The number of fused-ring (bicyclic) bond motifs is 1. The van der Waals surface area contributed by atoms with Gasteiger partial charge in [0.1, 0.15) is 11.5 Å². The highest BCUT2D eigenvalue weighted by molar-refractivity contribution is 9.10. The smallest absolute Gasteiger partial charge is 0.257 e. The first kappa shape index (κ1) is 17.1. The first-order valence-electron chi connectivity index (χ1n) is 7.67. The van der Waals surface area contributed by atoms with E-state index in [-0.39, 0.29) is 18.4 Å². The van der Waals surface area contributed by atoms with E-state index >= 15 is 0 Å². The Balaban J connectivity index is 1.45. The highest BCUT2D eigenvalue weighted by Gasteiger charge is 2.20. The number of nitrogens with one attached hydrogen (secondary N) is 1. The third-order valence-electron chi connectivity index (χ3n) is 3.80. The third-order valence-corrected chi connectivity index (χ3v) is 4.65. The number of carbonyl (C=O) groups excluding carboxylic acids is 1. The molecule has 0 radical (unpaired) electrons.